The van der Waals surface area contributed by atoms with E-state index < -0.39 is 0 Å². The van der Waals surface area contributed by atoms with Gasteiger partial charge in [0, 0.05) is 15.6 Å². The van der Waals surface area contributed by atoms with Gasteiger partial charge in [-0.2, -0.15) is 0 Å². The van der Waals surface area contributed by atoms with E-state index in [0.717, 1.165) is 21.2 Å². The Bertz CT molecular complexity index is 794. The Morgan fingerprint density at radius 1 is 1.05 bits per heavy atom. The third kappa shape index (κ3) is 2.40. The van der Waals surface area contributed by atoms with Crippen molar-refractivity contribution in [3.63, 3.8) is 0 Å². The Balaban J connectivity index is 2.15. The molecule has 0 fully saturated rings. The molecule has 0 saturated carbocycles. The highest BCUT2D eigenvalue weighted by atomic mass is 79.9. The Morgan fingerprint density at radius 3 is 2.43 bits per heavy atom. The molecule has 0 atom stereocenters. The molecule has 0 aliphatic heterocycles. The number of nitrogen functional groups attached to an aromatic ring is 2. The molecule has 3 rings (SSSR count). The number of nitrogens with two attached hydrogens (primary N) is 2. The van der Waals surface area contributed by atoms with Gasteiger partial charge < -0.3 is 11.6 Å². The van der Waals surface area contributed by atoms with Gasteiger partial charge in [0.05, 0.1) is 0 Å². The Labute approximate surface area is 131 Å². The zero-order valence-corrected chi connectivity index (χ0v) is 13.1. The molecule has 0 saturated heterocycles. The predicted octanol–water partition coefficient (Wildman–Crippen LogP) is 3.58. The molecule has 0 amide bonds. The van der Waals surface area contributed by atoms with Crippen molar-refractivity contribution < 1.29 is 0 Å². The highest BCUT2D eigenvalue weighted by Crippen LogP contribution is 2.31. The maximum Gasteiger partial charge on any atom is 0.160 e. The topological polar surface area (TPSA) is 69.9 Å². The van der Waals surface area contributed by atoms with Gasteiger partial charge in [0.1, 0.15) is 5.69 Å². The van der Waals surface area contributed by atoms with Gasteiger partial charge in [-0.05, 0) is 18.6 Å². The summed E-state index contributed by atoms with van der Waals surface area (Å²) in [5, 5.41) is 0. The summed E-state index contributed by atoms with van der Waals surface area (Å²) in [6.45, 7) is 2.04. The predicted molar refractivity (Wildman–Crippen MR) is 90.1 cm³/mol. The molecule has 0 radical (unpaired) electrons. The summed E-state index contributed by atoms with van der Waals surface area (Å²) in [5.41, 5.74) is 9.84. The lowest BCUT2D eigenvalue weighted by Gasteiger charge is -2.03. The fourth-order valence-corrected chi connectivity index (χ4v) is 2.57. The van der Waals surface area contributed by atoms with Crippen LogP contribution in [0.25, 0.3) is 22.6 Å². The third-order valence-corrected chi connectivity index (χ3v) is 4.28. The van der Waals surface area contributed by atoms with Gasteiger partial charge in [-0.1, -0.05) is 58.4 Å². The number of rotatable bonds is 2. The van der Waals surface area contributed by atoms with Gasteiger partial charge in [0.25, 0.3) is 0 Å². The molecular formula is C16H15BrN4. The number of anilines is 1. The van der Waals surface area contributed by atoms with E-state index in [1.165, 1.54) is 4.68 Å². The van der Waals surface area contributed by atoms with E-state index in [4.69, 9.17) is 11.6 Å². The molecule has 0 bridgehead atoms. The van der Waals surface area contributed by atoms with E-state index in [2.05, 4.69) is 20.9 Å². The Kier molecular flexibility index (Phi) is 3.43. The first-order chi connectivity index (χ1) is 10.1. The van der Waals surface area contributed by atoms with E-state index in [9.17, 15) is 0 Å². The molecule has 1 aromatic heterocycles. The maximum absolute atomic E-state index is 6.12. The lowest BCUT2D eigenvalue weighted by molar-refractivity contribution is 1.02. The van der Waals surface area contributed by atoms with Gasteiger partial charge in [0.2, 0.25) is 0 Å². The molecule has 3 aromatic rings. The summed E-state index contributed by atoms with van der Waals surface area (Å²) in [7, 11) is 0. The zero-order valence-electron chi connectivity index (χ0n) is 11.5. The van der Waals surface area contributed by atoms with Crippen molar-refractivity contribution in [3.8, 4) is 22.6 Å². The SMILES string of the molecule is Cc1ccc(-c2nc(-c3ccccc3)n(N)c2N)cc1Br. The summed E-state index contributed by atoms with van der Waals surface area (Å²) >= 11 is 3.53. The van der Waals surface area contributed by atoms with Crippen LogP contribution in [-0.4, -0.2) is 9.66 Å². The van der Waals surface area contributed by atoms with Crippen LogP contribution in [0.3, 0.4) is 0 Å². The fourth-order valence-electron chi connectivity index (χ4n) is 2.19. The number of aromatic nitrogens is 2. The van der Waals surface area contributed by atoms with Crippen LogP contribution < -0.4 is 11.6 Å². The molecule has 4 nitrogen and oxygen atoms in total. The van der Waals surface area contributed by atoms with Crippen molar-refractivity contribution in [3.05, 3.63) is 58.6 Å². The van der Waals surface area contributed by atoms with Crippen LogP contribution in [0.5, 0.6) is 0 Å². The molecule has 0 spiro atoms. The van der Waals surface area contributed by atoms with Crippen molar-refractivity contribution >= 4 is 21.7 Å². The Hall–Kier alpha value is -2.27. The van der Waals surface area contributed by atoms with E-state index in [1.54, 1.807) is 0 Å². The summed E-state index contributed by atoms with van der Waals surface area (Å²) in [4.78, 5) is 4.61. The summed E-state index contributed by atoms with van der Waals surface area (Å²) in [5.74, 6) is 7.16. The fraction of sp³-hybridized carbons (Fsp3) is 0.0625. The van der Waals surface area contributed by atoms with Crippen LogP contribution in [0.4, 0.5) is 5.82 Å². The normalized spacial score (nSPS) is 10.8. The lowest BCUT2D eigenvalue weighted by Crippen LogP contribution is -2.13. The van der Waals surface area contributed by atoms with Crippen LogP contribution >= 0.6 is 15.9 Å². The minimum Gasteiger partial charge on any atom is -0.382 e. The van der Waals surface area contributed by atoms with Crippen LogP contribution in [0, 0.1) is 6.92 Å². The maximum atomic E-state index is 6.12. The number of halogens is 1. The molecule has 0 aliphatic rings. The van der Waals surface area contributed by atoms with Crippen molar-refractivity contribution in [2.24, 2.45) is 0 Å². The number of imidazole rings is 1. The highest BCUT2D eigenvalue weighted by molar-refractivity contribution is 9.10. The first kappa shape index (κ1) is 13.7. The molecule has 1 heterocycles. The second-order valence-corrected chi connectivity index (χ2v) is 5.72. The number of hydrogen-bond acceptors (Lipinski definition) is 3. The first-order valence-corrected chi connectivity index (χ1v) is 7.32. The first-order valence-electron chi connectivity index (χ1n) is 6.53. The van der Waals surface area contributed by atoms with Crippen LogP contribution in [-0.2, 0) is 0 Å². The number of aryl methyl sites for hydroxylation is 1. The van der Waals surface area contributed by atoms with E-state index >= 15 is 0 Å². The quantitative estimate of drug-likeness (QED) is 0.699. The second-order valence-electron chi connectivity index (χ2n) is 4.87. The molecule has 2 aromatic carbocycles. The van der Waals surface area contributed by atoms with Crippen LogP contribution in [0.1, 0.15) is 5.56 Å². The van der Waals surface area contributed by atoms with E-state index in [1.807, 2.05) is 55.5 Å². The highest BCUT2D eigenvalue weighted by Gasteiger charge is 2.16. The van der Waals surface area contributed by atoms with Gasteiger partial charge in [-0.15, -0.1) is 0 Å². The molecule has 21 heavy (non-hydrogen) atoms. The Morgan fingerprint density at radius 2 is 1.76 bits per heavy atom. The smallest absolute Gasteiger partial charge is 0.160 e. The number of benzene rings is 2. The zero-order chi connectivity index (χ0) is 15.0. The summed E-state index contributed by atoms with van der Waals surface area (Å²) in [6, 6.07) is 15.8. The second kappa shape index (κ2) is 5.26. The van der Waals surface area contributed by atoms with Crippen molar-refractivity contribution in [1.82, 2.24) is 9.66 Å². The minimum absolute atomic E-state index is 0.449. The van der Waals surface area contributed by atoms with Crippen LogP contribution in [0.2, 0.25) is 0 Å². The number of hydrogen-bond donors (Lipinski definition) is 2. The number of nitrogens with zero attached hydrogens (tertiary/aromatic N) is 2. The van der Waals surface area contributed by atoms with Crippen LogP contribution in [0.15, 0.2) is 53.0 Å². The average molecular weight is 343 g/mol. The summed E-state index contributed by atoms with van der Waals surface area (Å²) in [6.07, 6.45) is 0. The molecule has 106 valence electrons. The molecule has 4 N–H and O–H groups in total. The van der Waals surface area contributed by atoms with Gasteiger partial charge in [-0.3, -0.25) is 0 Å². The largest absolute Gasteiger partial charge is 0.382 e. The monoisotopic (exact) mass is 342 g/mol. The summed E-state index contributed by atoms with van der Waals surface area (Å²) < 4.78 is 2.45. The van der Waals surface area contributed by atoms with Crippen molar-refractivity contribution in [2.75, 3.05) is 11.6 Å². The minimum atomic E-state index is 0.449. The van der Waals surface area contributed by atoms with Crippen molar-refractivity contribution in [2.45, 2.75) is 6.92 Å². The van der Waals surface area contributed by atoms with E-state index in [-0.39, 0.29) is 0 Å². The van der Waals surface area contributed by atoms with Crippen molar-refractivity contribution in [1.29, 1.82) is 0 Å². The van der Waals surface area contributed by atoms with Gasteiger partial charge in [0.15, 0.2) is 11.6 Å². The molecule has 0 unspecified atom stereocenters. The van der Waals surface area contributed by atoms with Gasteiger partial charge >= 0.3 is 0 Å². The standard InChI is InChI=1S/C16H15BrN4/c1-10-7-8-12(9-13(10)17)14-15(18)21(19)16(20-14)11-5-3-2-4-6-11/h2-9H,18-19H2,1H3. The van der Waals surface area contributed by atoms with E-state index in [0.29, 0.717) is 17.3 Å². The lowest BCUT2D eigenvalue weighted by atomic mass is 10.1. The molecule has 5 heteroatoms. The third-order valence-electron chi connectivity index (χ3n) is 3.43. The molecular weight excluding hydrogens is 328 g/mol. The van der Waals surface area contributed by atoms with Gasteiger partial charge in [-0.25, -0.2) is 9.66 Å². The molecule has 0 aliphatic carbocycles. The average Bonchev–Trinajstić information content (AvgIpc) is 2.79.